The number of ether oxygens (including phenoxy) is 5. The van der Waals surface area contributed by atoms with E-state index >= 15 is 0 Å². The SMILES string of the molecule is CC/C=C\C/C=C\C/C=C\C/C=C\CCCCCCC(=O)OCC(COC1OC(C(=O)O)C(O)C(O)C1OC(=O)CCCCCCC/C=C\C/C=C\C/C=C\CC)OC(=O)CCCCCCCCCCCCC. The van der Waals surface area contributed by atoms with Crippen LogP contribution in [0.2, 0.25) is 0 Å². The summed E-state index contributed by atoms with van der Waals surface area (Å²) >= 11 is 0. The summed E-state index contributed by atoms with van der Waals surface area (Å²) in [7, 11) is 0. The van der Waals surface area contributed by atoms with Crippen molar-refractivity contribution in [1.82, 2.24) is 0 Å². The number of carboxylic acid groups (broad SMARTS) is 1. The van der Waals surface area contributed by atoms with Gasteiger partial charge in [-0.05, 0) is 89.9 Å². The summed E-state index contributed by atoms with van der Waals surface area (Å²) in [5.74, 6) is -3.17. The largest absolute Gasteiger partial charge is 0.479 e. The molecule has 12 nitrogen and oxygen atoms in total. The molecule has 0 spiro atoms. The van der Waals surface area contributed by atoms with Crippen LogP contribution in [0.4, 0.5) is 0 Å². The van der Waals surface area contributed by atoms with Crippen LogP contribution in [0.5, 0.6) is 0 Å². The van der Waals surface area contributed by atoms with E-state index in [2.05, 4.69) is 106 Å². The number of carbonyl (C=O) groups excluding carboxylic acids is 3. The van der Waals surface area contributed by atoms with E-state index in [9.17, 15) is 34.5 Å². The highest BCUT2D eigenvalue weighted by atomic mass is 16.7. The maximum absolute atomic E-state index is 13.1. The van der Waals surface area contributed by atoms with Gasteiger partial charge in [0.25, 0.3) is 0 Å². The molecule has 3 N–H and O–H groups in total. The number of aliphatic hydroxyl groups is 2. The van der Waals surface area contributed by atoms with Gasteiger partial charge < -0.3 is 39.0 Å². The van der Waals surface area contributed by atoms with Gasteiger partial charge in [0, 0.05) is 19.3 Å². The number of carboxylic acids is 1. The lowest BCUT2D eigenvalue weighted by molar-refractivity contribution is -0.301. The summed E-state index contributed by atoms with van der Waals surface area (Å²) in [5, 5.41) is 31.4. The molecule has 416 valence electrons. The highest BCUT2D eigenvalue weighted by molar-refractivity contribution is 5.74. The molecular formula is C61H100O12. The molecule has 0 radical (unpaired) electrons. The van der Waals surface area contributed by atoms with Crippen LogP contribution in [0.1, 0.15) is 226 Å². The zero-order valence-corrected chi connectivity index (χ0v) is 45.6. The maximum atomic E-state index is 13.1. The van der Waals surface area contributed by atoms with Crippen LogP contribution in [-0.4, -0.2) is 89.2 Å². The first kappa shape index (κ1) is 66.9. The number of carbonyl (C=O) groups is 4. The predicted molar refractivity (Wildman–Crippen MR) is 294 cm³/mol. The number of aliphatic carboxylic acids is 1. The first-order valence-electron chi connectivity index (χ1n) is 28.6. The Hall–Kier alpha value is -4.10. The summed E-state index contributed by atoms with van der Waals surface area (Å²) in [5.41, 5.74) is 0. The van der Waals surface area contributed by atoms with Gasteiger partial charge in [0.05, 0.1) is 6.61 Å². The number of unbranched alkanes of at least 4 members (excludes halogenated alkanes) is 19. The van der Waals surface area contributed by atoms with Crippen molar-refractivity contribution in [3.63, 3.8) is 0 Å². The Morgan fingerprint density at radius 3 is 1.32 bits per heavy atom. The normalized spacial score (nSPS) is 18.9. The topological polar surface area (TPSA) is 175 Å². The van der Waals surface area contributed by atoms with Gasteiger partial charge in [0.2, 0.25) is 0 Å². The summed E-state index contributed by atoms with van der Waals surface area (Å²) in [6.45, 7) is 5.72. The van der Waals surface area contributed by atoms with Crippen LogP contribution in [-0.2, 0) is 42.9 Å². The minimum atomic E-state index is -1.91. The molecule has 0 aromatic heterocycles. The van der Waals surface area contributed by atoms with E-state index in [1.165, 1.54) is 44.9 Å². The third-order valence-electron chi connectivity index (χ3n) is 12.5. The Labute approximate surface area is 441 Å². The lowest BCUT2D eigenvalue weighted by atomic mass is 9.98. The van der Waals surface area contributed by atoms with Gasteiger partial charge in [0.1, 0.15) is 18.8 Å². The van der Waals surface area contributed by atoms with Gasteiger partial charge in [-0.1, -0.05) is 202 Å². The Morgan fingerprint density at radius 1 is 0.466 bits per heavy atom. The van der Waals surface area contributed by atoms with Gasteiger partial charge in [0.15, 0.2) is 24.6 Å². The van der Waals surface area contributed by atoms with Crippen LogP contribution >= 0.6 is 0 Å². The maximum Gasteiger partial charge on any atom is 0.335 e. The summed E-state index contributed by atoms with van der Waals surface area (Å²) in [4.78, 5) is 51.0. The molecule has 12 heteroatoms. The second-order valence-corrected chi connectivity index (χ2v) is 19.2. The molecule has 0 aromatic carbocycles. The van der Waals surface area contributed by atoms with Crippen LogP contribution in [0.25, 0.3) is 0 Å². The number of hydrogen-bond acceptors (Lipinski definition) is 11. The number of rotatable bonds is 47. The van der Waals surface area contributed by atoms with Crippen molar-refractivity contribution in [3.05, 3.63) is 85.1 Å². The highest BCUT2D eigenvalue weighted by Gasteiger charge is 2.50. The summed E-state index contributed by atoms with van der Waals surface area (Å²) in [6, 6.07) is 0. The molecule has 1 fully saturated rings. The van der Waals surface area contributed by atoms with Crippen molar-refractivity contribution in [2.45, 2.75) is 263 Å². The average Bonchev–Trinajstić information content (AvgIpc) is 3.37. The number of aliphatic hydroxyl groups excluding tert-OH is 2. The van der Waals surface area contributed by atoms with Crippen molar-refractivity contribution < 1.29 is 58.2 Å². The second-order valence-electron chi connectivity index (χ2n) is 19.2. The first-order valence-corrected chi connectivity index (χ1v) is 28.6. The first-order chi connectivity index (χ1) is 35.6. The lowest BCUT2D eigenvalue weighted by Crippen LogP contribution is -2.61. The fourth-order valence-electron chi connectivity index (χ4n) is 8.14. The Balaban J connectivity index is 2.71. The van der Waals surface area contributed by atoms with E-state index in [1.54, 1.807) is 0 Å². The van der Waals surface area contributed by atoms with Gasteiger partial charge in [-0.3, -0.25) is 14.4 Å². The molecule has 0 saturated carbocycles. The molecule has 1 aliphatic heterocycles. The van der Waals surface area contributed by atoms with Crippen LogP contribution in [0.3, 0.4) is 0 Å². The van der Waals surface area contributed by atoms with Gasteiger partial charge in [-0.15, -0.1) is 0 Å². The van der Waals surface area contributed by atoms with Crippen LogP contribution in [0.15, 0.2) is 85.1 Å². The molecule has 6 unspecified atom stereocenters. The summed E-state index contributed by atoms with van der Waals surface area (Å²) in [6.07, 6.45) is 49.8. The predicted octanol–water partition coefficient (Wildman–Crippen LogP) is 14.3. The number of hydrogen-bond donors (Lipinski definition) is 3. The molecule has 1 aliphatic rings. The second kappa shape index (κ2) is 48.8. The number of allylic oxidation sites excluding steroid dienone is 14. The zero-order chi connectivity index (χ0) is 53.3. The number of esters is 3. The van der Waals surface area contributed by atoms with Gasteiger partial charge in [-0.25, -0.2) is 4.79 Å². The molecular weight excluding hydrogens is 925 g/mol. The van der Waals surface area contributed by atoms with Crippen molar-refractivity contribution in [2.24, 2.45) is 0 Å². The van der Waals surface area contributed by atoms with E-state index in [-0.39, 0.29) is 25.9 Å². The fraction of sp³-hybridized carbons (Fsp3) is 0.705. The van der Waals surface area contributed by atoms with Crippen LogP contribution < -0.4 is 0 Å². The van der Waals surface area contributed by atoms with Crippen molar-refractivity contribution in [1.29, 1.82) is 0 Å². The molecule has 0 aromatic rings. The highest BCUT2D eigenvalue weighted by Crippen LogP contribution is 2.26. The molecule has 73 heavy (non-hydrogen) atoms. The zero-order valence-electron chi connectivity index (χ0n) is 45.6. The third-order valence-corrected chi connectivity index (χ3v) is 12.5. The minimum absolute atomic E-state index is 0.0363. The Bertz CT molecular complexity index is 1590. The Kier molecular flexibility index (Phi) is 44.7. The van der Waals surface area contributed by atoms with Crippen LogP contribution in [0, 0.1) is 0 Å². The molecule has 6 atom stereocenters. The standard InChI is InChI=1S/C61H100O12/c1-4-7-10-13-16-19-22-24-26-27-29-30-33-35-38-41-44-47-53(62)69-50-52(71-54(63)48-45-42-39-36-32-21-18-15-12-9-6-3)51-70-61-59(57(66)56(65)58(73-61)60(67)68)72-55(64)49-46-43-40-37-34-31-28-25-23-20-17-14-11-8-5-2/h7-8,10-11,16-17,19-20,24-26,28-30,52,56-59,61,65-66H,4-6,9,12-15,18,21-23,27,31-51H2,1-3H3,(H,67,68)/b10-7-,11-8-,19-16-,20-17-,26-24-,28-25-,30-29-. The van der Waals surface area contributed by atoms with Gasteiger partial charge in [-0.2, -0.15) is 0 Å². The fourth-order valence-corrected chi connectivity index (χ4v) is 8.14. The van der Waals surface area contributed by atoms with Crippen molar-refractivity contribution in [2.75, 3.05) is 13.2 Å². The molecule has 1 heterocycles. The van der Waals surface area contributed by atoms with Gasteiger partial charge >= 0.3 is 23.9 Å². The molecule has 1 saturated heterocycles. The molecule has 0 bridgehead atoms. The monoisotopic (exact) mass is 1020 g/mol. The quantitative estimate of drug-likeness (QED) is 0.0228. The van der Waals surface area contributed by atoms with E-state index in [0.717, 1.165) is 122 Å². The van der Waals surface area contributed by atoms with Crippen molar-refractivity contribution >= 4 is 23.9 Å². The molecule has 1 rings (SSSR count). The smallest absolute Gasteiger partial charge is 0.335 e. The average molecular weight is 1030 g/mol. The van der Waals surface area contributed by atoms with E-state index < -0.39 is 67.3 Å². The van der Waals surface area contributed by atoms with E-state index in [4.69, 9.17) is 23.7 Å². The summed E-state index contributed by atoms with van der Waals surface area (Å²) < 4.78 is 28.3. The Morgan fingerprint density at radius 2 is 0.863 bits per heavy atom. The molecule has 0 aliphatic carbocycles. The molecule has 0 amide bonds. The van der Waals surface area contributed by atoms with E-state index in [0.29, 0.717) is 19.3 Å². The van der Waals surface area contributed by atoms with Crippen molar-refractivity contribution in [3.8, 4) is 0 Å². The lowest BCUT2D eigenvalue weighted by Gasteiger charge is -2.40. The van der Waals surface area contributed by atoms with E-state index in [1.807, 2.05) is 0 Å². The third kappa shape index (κ3) is 39.0. The minimum Gasteiger partial charge on any atom is -0.479 e.